The van der Waals surface area contributed by atoms with Gasteiger partial charge in [0.15, 0.2) is 0 Å². The van der Waals surface area contributed by atoms with Crippen LogP contribution in [0.3, 0.4) is 0 Å². The molecular formula is C16H26O. The average Bonchev–Trinajstić information content (AvgIpc) is 2.33. The second kappa shape index (κ2) is 5.86. The van der Waals surface area contributed by atoms with Crippen LogP contribution in [0.15, 0.2) is 22.8 Å². The first kappa shape index (κ1) is 12.9. The molecule has 0 amide bonds. The number of hydrogen-bond acceptors (Lipinski definition) is 1. The van der Waals surface area contributed by atoms with Crippen LogP contribution < -0.4 is 0 Å². The predicted molar refractivity (Wildman–Crippen MR) is 73.1 cm³/mol. The predicted octanol–water partition coefficient (Wildman–Crippen LogP) is 4.64. The molecule has 0 aliphatic heterocycles. The third-order valence-electron chi connectivity index (χ3n) is 4.28. The summed E-state index contributed by atoms with van der Waals surface area (Å²) in [6.45, 7) is 7.72. The van der Waals surface area contributed by atoms with Crippen LogP contribution in [0.2, 0.25) is 0 Å². The van der Waals surface area contributed by atoms with Gasteiger partial charge in [0.25, 0.3) is 0 Å². The van der Waals surface area contributed by atoms with Crippen LogP contribution >= 0.6 is 0 Å². The number of hydrogen-bond donors (Lipinski definition) is 0. The lowest BCUT2D eigenvalue weighted by Crippen LogP contribution is -2.24. The summed E-state index contributed by atoms with van der Waals surface area (Å²) in [4.78, 5) is 0. The Hall–Kier alpha value is -0.560. The SMILES string of the molecule is CC1=C(C)C(OCC2=CCCCC2)CC(C)C1. The summed E-state index contributed by atoms with van der Waals surface area (Å²) in [6, 6.07) is 0. The lowest BCUT2D eigenvalue weighted by atomic mass is 9.84. The third kappa shape index (κ3) is 3.45. The van der Waals surface area contributed by atoms with E-state index in [-0.39, 0.29) is 0 Å². The van der Waals surface area contributed by atoms with Crippen LogP contribution in [0.25, 0.3) is 0 Å². The third-order valence-corrected chi connectivity index (χ3v) is 4.28. The molecule has 0 saturated heterocycles. The molecular weight excluding hydrogens is 208 g/mol. The molecule has 0 aromatic carbocycles. The van der Waals surface area contributed by atoms with E-state index >= 15 is 0 Å². The standard InChI is InChI=1S/C16H26O/c1-12-9-13(2)14(3)16(10-12)17-11-15-7-5-4-6-8-15/h7,12,16H,4-6,8-11H2,1-3H3. The molecule has 96 valence electrons. The molecule has 2 rings (SSSR count). The number of ether oxygens (including phenoxy) is 1. The molecule has 0 aromatic heterocycles. The summed E-state index contributed by atoms with van der Waals surface area (Å²) in [7, 11) is 0. The van der Waals surface area contributed by atoms with Crippen molar-refractivity contribution in [2.75, 3.05) is 6.61 Å². The first-order valence-corrected chi connectivity index (χ1v) is 7.12. The molecule has 2 aliphatic carbocycles. The summed E-state index contributed by atoms with van der Waals surface area (Å²) in [6.07, 6.45) is 10.5. The Morgan fingerprint density at radius 1 is 1.29 bits per heavy atom. The zero-order valence-corrected chi connectivity index (χ0v) is 11.6. The summed E-state index contributed by atoms with van der Waals surface area (Å²) in [5, 5.41) is 0. The Balaban J connectivity index is 1.90. The molecule has 0 spiro atoms. The Morgan fingerprint density at radius 3 is 2.82 bits per heavy atom. The van der Waals surface area contributed by atoms with Crippen molar-refractivity contribution in [2.24, 2.45) is 5.92 Å². The van der Waals surface area contributed by atoms with Gasteiger partial charge < -0.3 is 4.74 Å². The van der Waals surface area contributed by atoms with Gasteiger partial charge in [-0.3, -0.25) is 0 Å². The van der Waals surface area contributed by atoms with Crippen molar-refractivity contribution in [3.05, 3.63) is 22.8 Å². The Bertz CT molecular complexity index is 324. The van der Waals surface area contributed by atoms with E-state index < -0.39 is 0 Å². The van der Waals surface area contributed by atoms with Gasteiger partial charge in [-0.15, -0.1) is 0 Å². The Labute approximate surface area is 106 Å². The molecule has 0 saturated carbocycles. The smallest absolute Gasteiger partial charge is 0.0791 e. The lowest BCUT2D eigenvalue weighted by Gasteiger charge is -2.30. The summed E-state index contributed by atoms with van der Waals surface area (Å²) in [5.41, 5.74) is 4.56. The highest BCUT2D eigenvalue weighted by Crippen LogP contribution is 2.31. The minimum atomic E-state index is 0.376. The molecule has 0 aromatic rings. The van der Waals surface area contributed by atoms with E-state index in [1.165, 1.54) is 49.7 Å². The summed E-state index contributed by atoms with van der Waals surface area (Å²) in [5.74, 6) is 0.782. The lowest BCUT2D eigenvalue weighted by molar-refractivity contribution is 0.0695. The molecule has 2 unspecified atom stereocenters. The van der Waals surface area contributed by atoms with Gasteiger partial charge in [0.2, 0.25) is 0 Å². The fourth-order valence-corrected chi connectivity index (χ4v) is 3.02. The van der Waals surface area contributed by atoms with Crippen molar-refractivity contribution in [3.8, 4) is 0 Å². The van der Waals surface area contributed by atoms with Crippen molar-refractivity contribution in [1.29, 1.82) is 0 Å². The second-order valence-electron chi connectivity index (χ2n) is 5.92. The van der Waals surface area contributed by atoms with Gasteiger partial charge in [0, 0.05) is 0 Å². The van der Waals surface area contributed by atoms with Crippen molar-refractivity contribution in [2.45, 2.75) is 65.4 Å². The molecule has 2 atom stereocenters. The maximum Gasteiger partial charge on any atom is 0.0791 e. The number of allylic oxidation sites excluding steroid dienone is 2. The van der Waals surface area contributed by atoms with E-state index in [0.29, 0.717) is 6.10 Å². The van der Waals surface area contributed by atoms with Crippen LogP contribution in [-0.2, 0) is 4.74 Å². The highest BCUT2D eigenvalue weighted by Gasteiger charge is 2.23. The molecule has 0 fully saturated rings. The van der Waals surface area contributed by atoms with Gasteiger partial charge in [0.1, 0.15) is 0 Å². The van der Waals surface area contributed by atoms with Gasteiger partial charge in [-0.2, -0.15) is 0 Å². The molecule has 0 heterocycles. The first-order chi connectivity index (χ1) is 8.16. The topological polar surface area (TPSA) is 9.23 Å². The van der Waals surface area contributed by atoms with Crippen LogP contribution in [0, 0.1) is 5.92 Å². The van der Waals surface area contributed by atoms with Gasteiger partial charge in [-0.1, -0.05) is 18.6 Å². The van der Waals surface area contributed by atoms with E-state index in [4.69, 9.17) is 4.74 Å². The van der Waals surface area contributed by atoms with Crippen LogP contribution in [0.4, 0.5) is 0 Å². The fraction of sp³-hybridized carbons (Fsp3) is 0.750. The van der Waals surface area contributed by atoms with Crippen LogP contribution in [-0.4, -0.2) is 12.7 Å². The molecule has 2 aliphatic rings. The summed E-state index contributed by atoms with van der Waals surface area (Å²) < 4.78 is 6.15. The molecule has 0 N–H and O–H groups in total. The Kier molecular flexibility index (Phi) is 4.44. The number of rotatable bonds is 3. The van der Waals surface area contributed by atoms with E-state index in [9.17, 15) is 0 Å². The largest absolute Gasteiger partial charge is 0.370 e. The zero-order valence-electron chi connectivity index (χ0n) is 11.6. The van der Waals surface area contributed by atoms with Crippen molar-refractivity contribution < 1.29 is 4.74 Å². The zero-order chi connectivity index (χ0) is 12.3. The van der Waals surface area contributed by atoms with Gasteiger partial charge in [-0.25, -0.2) is 0 Å². The first-order valence-electron chi connectivity index (χ1n) is 7.12. The highest BCUT2D eigenvalue weighted by molar-refractivity contribution is 5.19. The van der Waals surface area contributed by atoms with Crippen molar-refractivity contribution >= 4 is 0 Å². The molecule has 1 heteroatoms. The second-order valence-corrected chi connectivity index (χ2v) is 5.92. The van der Waals surface area contributed by atoms with Gasteiger partial charge in [-0.05, 0) is 69.4 Å². The maximum absolute atomic E-state index is 6.15. The molecule has 1 nitrogen and oxygen atoms in total. The van der Waals surface area contributed by atoms with E-state index in [0.717, 1.165) is 12.5 Å². The van der Waals surface area contributed by atoms with Crippen LogP contribution in [0.5, 0.6) is 0 Å². The fourth-order valence-electron chi connectivity index (χ4n) is 3.02. The average molecular weight is 234 g/mol. The van der Waals surface area contributed by atoms with Gasteiger partial charge >= 0.3 is 0 Å². The van der Waals surface area contributed by atoms with E-state index in [2.05, 4.69) is 26.8 Å². The molecule has 17 heavy (non-hydrogen) atoms. The molecule has 0 radical (unpaired) electrons. The normalized spacial score (nSPS) is 30.4. The Morgan fingerprint density at radius 2 is 2.12 bits per heavy atom. The van der Waals surface area contributed by atoms with Gasteiger partial charge in [0.05, 0.1) is 12.7 Å². The van der Waals surface area contributed by atoms with Crippen molar-refractivity contribution in [1.82, 2.24) is 0 Å². The maximum atomic E-state index is 6.15. The minimum absolute atomic E-state index is 0.376. The van der Waals surface area contributed by atoms with Crippen LogP contribution in [0.1, 0.15) is 59.3 Å². The summed E-state index contributed by atoms with van der Waals surface area (Å²) >= 11 is 0. The van der Waals surface area contributed by atoms with Crippen molar-refractivity contribution in [3.63, 3.8) is 0 Å². The minimum Gasteiger partial charge on any atom is -0.370 e. The van der Waals surface area contributed by atoms with E-state index in [1.54, 1.807) is 5.57 Å². The highest BCUT2D eigenvalue weighted by atomic mass is 16.5. The molecule has 0 bridgehead atoms. The quantitative estimate of drug-likeness (QED) is 0.646. The van der Waals surface area contributed by atoms with E-state index in [1.807, 2.05) is 0 Å². The monoisotopic (exact) mass is 234 g/mol.